The van der Waals surface area contributed by atoms with Crippen LogP contribution in [0.25, 0.3) is 0 Å². The molecular weight excluding hydrogens is 244 g/mol. The van der Waals surface area contributed by atoms with Crippen LogP contribution in [0.4, 0.5) is 4.79 Å². The highest BCUT2D eigenvalue weighted by Gasteiger charge is 2.27. The standard InChI is InChI=1S/C14H20N2O3/c1-16-8-7-12(13(17)9-16)15-14(18)19-10-11-5-3-2-4-6-11/h2-6,12-13,17H,7-10H2,1H3,(H,15,18). The number of hydrogen-bond acceptors (Lipinski definition) is 4. The summed E-state index contributed by atoms with van der Waals surface area (Å²) in [4.78, 5) is 13.7. The van der Waals surface area contributed by atoms with E-state index in [1.807, 2.05) is 42.3 Å². The van der Waals surface area contributed by atoms with E-state index in [0.29, 0.717) is 6.54 Å². The lowest BCUT2D eigenvalue weighted by molar-refractivity contribution is 0.0469. The molecule has 1 fully saturated rings. The van der Waals surface area contributed by atoms with Crippen molar-refractivity contribution in [1.29, 1.82) is 0 Å². The SMILES string of the molecule is CN1CCC(NC(=O)OCc2ccccc2)C(O)C1. The van der Waals surface area contributed by atoms with Gasteiger partial charge in [0.15, 0.2) is 0 Å². The molecule has 0 bridgehead atoms. The quantitative estimate of drug-likeness (QED) is 0.854. The maximum atomic E-state index is 11.7. The molecule has 2 N–H and O–H groups in total. The molecule has 1 amide bonds. The van der Waals surface area contributed by atoms with E-state index in [-0.39, 0.29) is 12.6 Å². The molecule has 2 atom stereocenters. The summed E-state index contributed by atoms with van der Waals surface area (Å²) in [6, 6.07) is 9.29. The Labute approximate surface area is 113 Å². The van der Waals surface area contributed by atoms with Crippen LogP contribution in [0.3, 0.4) is 0 Å². The maximum Gasteiger partial charge on any atom is 0.407 e. The minimum atomic E-state index is -0.539. The Morgan fingerprint density at radius 2 is 2.21 bits per heavy atom. The third-order valence-electron chi connectivity index (χ3n) is 3.30. The van der Waals surface area contributed by atoms with Crippen molar-refractivity contribution in [3.8, 4) is 0 Å². The average Bonchev–Trinajstić information content (AvgIpc) is 2.41. The highest BCUT2D eigenvalue weighted by atomic mass is 16.5. The summed E-state index contributed by atoms with van der Waals surface area (Å²) in [6.45, 7) is 1.68. The second-order valence-electron chi connectivity index (χ2n) is 4.93. The average molecular weight is 264 g/mol. The zero-order chi connectivity index (χ0) is 13.7. The zero-order valence-electron chi connectivity index (χ0n) is 11.1. The molecule has 0 radical (unpaired) electrons. The number of carbonyl (C=O) groups is 1. The van der Waals surface area contributed by atoms with E-state index in [9.17, 15) is 9.90 Å². The van der Waals surface area contributed by atoms with E-state index < -0.39 is 12.2 Å². The third kappa shape index (κ3) is 4.22. The first-order valence-corrected chi connectivity index (χ1v) is 6.49. The fourth-order valence-electron chi connectivity index (χ4n) is 2.17. The van der Waals surface area contributed by atoms with E-state index >= 15 is 0 Å². The normalized spacial score (nSPS) is 23.9. The fraction of sp³-hybridized carbons (Fsp3) is 0.500. The number of aliphatic hydroxyl groups is 1. The zero-order valence-corrected chi connectivity index (χ0v) is 11.1. The van der Waals surface area contributed by atoms with Gasteiger partial charge in [0.25, 0.3) is 0 Å². The summed E-state index contributed by atoms with van der Waals surface area (Å²) in [6.07, 6.45) is -0.279. The lowest BCUT2D eigenvalue weighted by Crippen LogP contribution is -2.53. The molecule has 104 valence electrons. The number of ether oxygens (including phenoxy) is 1. The number of likely N-dealkylation sites (N-methyl/N-ethyl adjacent to an activating group) is 1. The van der Waals surface area contributed by atoms with Crippen LogP contribution in [-0.2, 0) is 11.3 Å². The van der Waals surface area contributed by atoms with E-state index in [1.54, 1.807) is 0 Å². The molecule has 5 heteroatoms. The Hall–Kier alpha value is -1.59. The Morgan fingerprint density at radius 3 is 2.89 bits per heavy atom. The third-order valence-corrected chi connectivity index (χ3v) is 3.30. The second-order valence-corrected chi connectivity index (χ2v) is 4.93. The Balaban J connectivity index is 1.75. The van der Waals surface area contributed by atoms with Crippen molar-refractivity contribution in [3.05, 3.63) is 35.9 Å². The van der Waals surface area contributed by atoms with Crippen LogP contribution in [0, 0.1) is 0 Å². The molecule has 0 aromatic heterocycles. The van der Waals surface area contributed by atoms with E-state index in [2.05, 4.69) is 5.32 Å². The number of rotatable bonds is 3. The fourth-order valence-corrected chi connectivity index (χ4v) is 2.17. The number of benzene rings is 1. The van der Waals surface area contributed by atoms with Crippen LogP contribution in [0.5, 0.6) is 0 Å². The molecule has 1 saturated heterocycles. The monoisotopic (exact) mass is 264 g/mol. The number of nitrogens with zero attached hydrogens (tertiary/aromatic N) is 1. The van der Waals surface area contributed by atoms with Gasteiger partial charge in [-0.1, -0.05) is 30.3 Å². The molecule has 1 heterocycles. The van der Waals surface area contributed by atoms with E-state index in [0.717, 1.165) is 18.5 Å². The van der Waals surface area contributed by atoms with Gasteiger partial charge in [-0.05, 0) is 25.6 Å². The highest BCUT2D eigenvalue weighted by molar-refractivity contribution is 5.67. The number of carbonyl (C=O) groups excluding carboxylic acids is 1. The van der Waals surface area contributed by atoms with Gasteiger partial charge in [-0.25, -0.2) is 4.79 Å². The van der Waals surface area contributed by atoms with E-state index in [1.165, 1.54) is 0 Å². The molecule has 0 aliphatic carbocycles. The van der Waals surface area contributed by atoms with Crippen molar-refractivity contribution in [2.45, 2.75) is 25.2 Å². The van der Waals surface area contributed by atoms with Crippen molar-refractivity contribution >= 4 is 6.09 Å². The van der Waals surface area contributed by atoms with Gasteiger partial charge < -0.3 is 20.1 Å². The number of likely N-dealkylation sites (tertiary alicyclic amines) is 1. The summed E-state index contributed by atoms with van der Waals surface area (Å²) in [5.41, 5.74) is 0.946. The molecule has 0 saturated carbocycles. The number of alkyl carbamates (subject to hydrolysis) is 1. The van der Waals surface area contributed by atoms with Gasteiger partial charge in [0.2, 0.25) is 0 Å². The Bertz CT molecular complexity index is 410. The van der Waals surface area contributed by atoms with Gasteiger partial charge in [-0.2, -0.15) is 0 Å². The summed E-state index contributed by atoms with van der Waals surface area (Å²) >= 11 is 0. The van der Waals surface area contributed by atoms with Gasteiger partial charge in [0, 0.05) is 6.54 Å². The van der Waals surface area contributed by atoms with Crippen LogP contribution in [0.2, 0.25) is 0 Å². The largest absolute Gasteiger partial charge is 0.445 e. The number of hydrogen-bond donors (Lipinski definition) is 2. The summed E-state index contributed by atoms with van der Waals surface area (Å²) in [7, 11) is 1.95. The minimum absolute atomic E-state index is 0.223. The smallest absolute Gasteiger partial charge is 0.407 e. The molecule has 0 spiro atoms. The van der Waals surface area contributed by atoms with Crippen LogP contribution >= 0.6 is 0 Å². The van der Waals surface area contributed by atoms with Crippen molar-refractivity contribution in [3.63, 3.8) is 0 Å². The minimum Gasteiger partial charge on any atom is -0.445 e. The van der Waals surface area contributed by atoms with Crippen LogP contribution in [0.1, 0.15) is 12.0 Å². The van der Waals surface area contributed by atoms with Gasteiger partial charge in [0.1, 0.15) is 6.61 Å². The molecular formula is C14H20N2O3. The first-order valence-electron chi connectivity index (χ1n) is 6.49. The molecule has 2 unspecified atom stereocenters. The second kappa shape index (κ2) is 6.54. The van der Waals surface area contributed by atoms with Crippen LogP contribution < -0.4 is 5.32 Å². The molecule has 5 nitrogen and oxygen atoms in total. The number of β-amino-alcohol motifs (C(OH)–C–C–N with tert-alkyl or cyclic N) is 1. The van der Waals surface area contributed by atoms with Gasteiger partial charge in [-0.3, -0.25) is 0 Å². The first kappa shape index (κ1) is 13.8. The van der Waals surface area contributed by atoms with E-state index in [4.69, 9.17) is 4.74 Å². The van der Waals surface area contributed by atoms with Gasteiger partial charge >= 0.3 is 6.09 Å². The van der Waals surface area contributed by atoms with Crippen molar-refractivity contribution < 1.29 is 14.6 Å². The lowest BCUT2D eigenvalue weighted by Gasteiger charge is -2.33. The Morgan fingerprint density at radius 1 is 1.47 bits per heavy atom. The van der Waals surface area contributed by atoms with Crippen LogP contribution in [0.15, 0.2) is 30.3 Å². The predicted molar refractivity (Wildman–Crippen MR) is 71.7 cm³/mol. The van der Waals surface area contributed by atoms with Crippen molar-refractivity contribution in [2.75, 3.05) is 20.1 Å². The topological polar surface area (TPSA) is 61.8 Å². The van der Waals surface area contributed by atoms with Gasteiger partial charge in [0.05, 0.1) is 12.1 Å². The van der Waals surface area contributed by atoms with Crippen molar-refractivity contribution in [1.82, 2.24) is 10.2 Å². The number of piperidine rings is 1. The lowest BCUT2D eigenvalue weighted by atomic mass is 10.0. The summed E-state index contributed by atoms with van der Waals surface area (Å²) in [5, 5.41) is 12.6. The number of aliphatic hydroxyl groups excluding tert-OH is 1. The van der Waals surface area contributed by atoms with Crippen LogP contribution in [-0.4, -0.2) is 48.4 Å². The molecule has 2 rings (SSSR count). The Kier molecular flexibility index (Phi) is 4.76. The molecule has 1 aliphatic heterocycles. The first-order chi connectivity index (χ1) is 9.15. The van der Waals surface area contributed by atoms with Gasteiger partial charge in [-0.15, -0.1) is 0 Å². The molecule has 1 aromatic rings. The molecule has 1 aliphatic rings. The summed E-state index contributed by atoms with van der Waals surface area (Å²) in [5.74, 6) is 0. The highest BCUT2D eigenvalue weighted by Crippen LogP contribution is 2.10. The number of nitrogens with one attached hydrogen (secondary N) is 1. The van der Waals surface area contributed by atoms with Crippen molar-refractivity contribution in [2.24, 2.45) is 0 Å². The predicted octanol–water partition coefficient (Wildman–Crippen LogP) is 0.978. The number of amides is 1. The maximum absolute atomic E-state index is 11.7. The molecule has 19 heavy (non-hydrogen) atoms. The summed E-state index contributed by atoms with van der Waals surface area (Å²) < 4.78 is 5.13. The molecule has 1 aromatic carbocycles.